The van der Waals surface area contributed by atoms with E-state index in [1.54, 1.807) is 17.0 Å². The van der Waals surface area contributed by atoms with E-state index in [2.05, 4.69) is 4.90 Å². The fraction of sp³-hybridized carbons (Fsp3) is 0.567. The van der Waals surface area contributed by atoms with Crippen molar-refractivity contribution in [1.29, 1.82) is 0 Å². The molecule has 1 atom stereocenters. The van der Waals surface area contributed by atoms with Crippen LogP contribution in [0.3, 0.4) is 0 Å². The zero-order chi connectivity index (χ0) is 26.4. The maximum absolute atomic E-state index is 14.9. The van der Waals surface area contributed by atoms with Crippen LogP contribution in [0.25, 0.3) is 11.1 Å². The molecule has 1 unspecified atom stereocenters. The first-order chi connectivity index (χ1) is 17.8. The first-order valence-corrected chi connectivity index (χ1v) is 13.7. The number of rotatable bonds is 9. The summed E-state index contributed by atoms with van der Waals surface area (Å²) < 4.78 is 35.7. The van der Waals surface area contributed by atoms with Gasteiger partial charge in [0.05, 0.1) is 12.7 Å². The lowest BCUT2D eigenvalue weighted by Crippen LogP contribution is -2.44. The lowest BCUT2D eigenvalue weighted by atomic mass is 9.94. The molecule has 2 aromatic rings. The molecule has 5 nitrogen and oxygen atoms in total. The van der Waals surface area contributed by atoms with Crippen molar-refractivity contribution in [3.05, 3.63) is 53.8 Å². The van der Waals surface area contributed by atoms with Gasteiger partial charge in [-0.05, 0) is 87.4 Å². The summed E-state index contributed by atoms with van der Waals surface area (Å²) in [7, 11) is 0. The second-order valence-electron chi connectivity index (χ2n) is 10.7. The van der Waals surface area contributed by atoms with Crippen LogP contribution in [-0.2, 0) is 0 Å². The highest BCUT2D eigenvalue weighted by molar-refractivity contribution is 5.95. The number of β-amino-alcohol motifs (C(OH)–C–C–N with tert-alkyl or cyclic N) is 1. The summed E-state index contributed by atoms with van der Waals surface area (Å²) in [5, 5.41) is 9.83. The molecule has 0 saturated carbocycles. The SMILES string of the molecule is CCC(F)(CC)CN1CCC(COc2ccc(-c3ccc(C(=O)N4CCCC(O)C4)cc3F)cc2)CC1. The van der Waals surface area contributed by atoms with E-state index in [0.29, 0.717) is 68.1 Å². The van der Waals surface area contributed by atoms with Gasteiger partial charge in [0.1, 0.15) is 17.2 Å². The van der Waals surface area contributed by atoms with E-state index >= 15 is 0 Å². The number of aliphatic hydroxyl groups excluding tert-OH is 1. The van der Waals surface area contributed by atoms with E-state index < -0.39 is 17.6 Å². The Balaban J connectivity index is 1.28. The molecular formula is C30H40F2N2O3. The van der Waals surface area contributed by atoms with Gasteiger partial charge in [0.25, 0.3) is 5.91 Å². The Morgan fingerprint density at radius 2 is 1.76 bits per heavy atom. The van der Waals surface area contributed by atoms with E-state index in [1.165, 1.54) is 6.07 Å². The molecule has 4 rings (SSSR count). The lowest BCUT2D eigenvalue weighted by Gasteiger charge is -2.36. The average molecular weight is 515 g/mol. The second-order valence-corrected chi connectivity index (χ2v) is 10.7. The normalized spacial score (nSPS) is 19.7. The Labute approximate surface area is 219 Å². The molecule has 2 aliphatic heterocycles. The number of halogens is 2. The third-order valence-electron chi connectivity index (χ3n) is 8.03. The average Bonchev–Trinajstić information content (AvgIpc) is 2.92. The van der Waals surface area contributed by atoms with Crippen LogP contribution in [0, 0.1) is 11.7 Å². The molecular weight excluding hydrogens is 474 g/mol. The van der Waals surface area contributed by atoms with Gasteiger partial charge >= 0.3 is 0 Å². The lowest BCUT2D eigenvalue weighted by molar-refractivity contribution is 0.0473. The van der Waals surface area contributed by atoms with Gasteiger partial charge in [0.15, 0.2) is 0 Å². The molecule has 202 valence electrons. The fourth-order valence-corrected chi connectivity index (χ4v) is 5.33. The van der Waals surface area contributed by atoms with Crippen molar-refractivity contribution in [1.82, 2.24) is 9.80 Å². The van der Waals surface area contributed by atoms with Crippen molar-refractivity contribution in [3.8, 4) is 16.9 Å². The highest BCUT2D eigenvalue weighted by Crippen LogP contribution is 2.28. The number of piperidine rings is 2. The number of carbonyl (C=O) groups is 1. The number of nitrogens with zero attached hydrogens (tertiary/aromatic N) is 2. The largest absolute Gasteiger partial charge is 0.493 e. The van der Waals surface area contributed by atoms with Gasteiger partial charge in [-0.1, -0.05) is 32.0 Å². The molecule has 2 aromatic carbocycles. The molecule has 37 heavy (non-hydrogen) atoms. The number of ether oxygens (including phenoxy) is 1. The number of amides is 1. The Hall–Kier alpha value is -2.51. The summed E-state index contributed by atoms with van der Waals surface area (Å²) in [4.78, 5) is 16.5. The van der Waals surface area contributed by atoms with Gasteiger partial charge in [-0.3, -0.25) is 4.79 Å². The second kappa shape index (κ2) is 12.4. The quantitative estimate of drug-likeness (QED) is 0.466. The van der Waals surface area contributed by atoms with E-state index in [9.17, 15) is 18.7 Å². The van der Waals surface area contributed by atoms with Gasteiger partial charge in [-0.15, -0.1) is 0 Å². The number of alkyl halides is 1. The maximum Gasteiger partial charge on any atom is 0.254 e. The van der Waals surface area contributed by atoms with Crippen LogP contribution < -0.4 is 4.74 Å². The zero-order valence-electron chi connectivity index (χ0n) is 22.1. The molecule has 2 fully saturated rings. The van der Waals surface area contributed by atoms with Crippen LogP contribution >= 0.6 is 0 Å². The first kappa shape index (κ1) is 27.5. The topological polar surface area (TPSA) is 53.0 Å². The van der Waals surface area contributed by atoms with E-state index in [0.717, 1.165) is 38.1 Å². The molecule has 2 saturated heterocycles. The maximum atomic E-state index is 14.9. The van der Waals surface area contributed by atoms with Crippen molar-refractivity contribution in [3.63, 3.8) is 0 Å². The summed E-state index contributed by atoms with van der Waals surface area (Å²) in [6, 6.07) is 11.9. The molecule has 0 aliphatic carbocycles. The summed E-state index contributed by atoms with van der Waals surface area (Å²) >= 11 is 0. The van der Waals surface area contributed by atoms with E-state index in [1.807, 2.05) is 38.1 Å². The van der Waals surface area contributed by atoms with Crippen molar-refractivity contribution in [2.75, 3.05) is 39.3 Å². The molecule has 7 heteroatoms. The van der Waals surface area contributed by atoms with Crippen LogP contribution in [0.5, 0.6) is 5.75 Å². The first-order valence-electron chi connectivity index (χ1n) is 13.7. The van der Waals surface area contributed by atoms with Crippen LogP contribution in [0.2, 0.25) is 0 Å². The van der Waals surface area contributed by atoms with Gasteiger partial charge in [-0.2, -0.15) is 0 Å². The third-order valence-corrected chi connectivity index (χ3v) is 8.03. The van der Waals surface area contributed by atoms with Crippen molar-refractivity contribution in [2.45, 2.75) is 64.1 Å². The predicted molar refractivity (Wildman–Crippen MR) is 142 cm³/mol. The monoisotopic (exact) mass is 514 g/mol. The fourth-order valence-electron chi connectivity index (χ4n) is 5.33. The summed E-state index contributed by atoms with van der Waals surface area (Å²) in [5.74, 6) is 0.476. The smallest absolute Gasteiger partial charge is 0.254 e. The van der Waals surface area contributed by atoms with Crippen LogP contribution in [-0.4, -0.2) is 71.9 Å². The van der Waals surface area contributed by atoms with Gasteiger partial charge in [-0.25, -0.2) is 8.78 Å². The molecule has 2 heterocycles. The Bertz CT molecular complexity index is 1030. The van der Waals surface area contributed by atoms with Crippen LogP contribution in [0.1, 0.15) is 62.7 Å². The molecule has 1 amide bonds. The zero-order valence-corrected chi connectivity index (χ0v) is 22.1. The Morgan fingerprint density at radius 1 is 1.05 bits per heavy atom. The molecule has 0 aromatic heterocycles. The Morgan fingerprint density at radius 3 is 2.38 bits per heavy atom. The summed E-state index contributed by atoms with van der Waals surface area (Å²) in [6.45, 7) is 7.64. The Kier molecular flexibility index (Phi) is 9.19. The number of hydrogen-bond donors (Lipinski definition) is 1. The van der Waals surface area contributed by atoms with Gasteiger partial charge in [0, 0.05) is 30.8 Å². The van der Waals surface area contributed by atoms with Crippen molar-refractivity contribution >= 4 is 5.91 Å². The van der Waals surface area contributed by atoms with Crippen molar-refractivity contribution < 1.29 is 23.4 Å². The van der Waals surface area contributed by atoms with Crippen LogP contribution in [0.4, 0.5) is 8.78 Å². The van der Waals surface area contributed by atoms with E-state index in [-0.39, 0.29) is 5.91 Å². The molecule has 2 aliphatic rings. The number of carbonyl (C=O) groups excluding carboxylic acids is 1. The molecule has 0 spiro atoms. The van der Waals surface area contributed by atoms with Crippen molar-refractivity contribution in [2.24, 2.45) is 5.92 Å². The molecule has 0 bridgehead atoms. The van der Waals surface area contributed by atoms with E-state index in [4.69, 9.17) is 4.74 Å². The minimum atomic E-state index is -1.09. The highest BCUT2D eigenvalue weighted by Gasteiger charge is 2.30. The molecule has 0 radical (unpaired) electrons. The minimum Gasteiger partial charge on any atom is -0.493 e. The standard InChI is InChI=1S/C30H40F2N2O3/c1-3-30(32,4-2)21-33-16-13-22(14-17-33)20-37-26-10-7-23(8-11-26)27-12-9-24(18-28(27)31)29(36)34-15-5-6-25(35)19-34/h7-12,18,22,25,35H,3-6,13-17,19-21H2,1-2H3. The highest BCUT2D eigenvalue weighted by atomic mass is 19.1. The van der Waals surface area contributed by atoms with Gasteiger partial charge < -0.3 is 19.6 Å². The minimum absolute atomic E-state index is 0.251. The summed E-state index contributed by atoms with van der Waals surface area (Å²) in [6.07, 6.45) is 4.02. The number of likely N-dealkylation sites (tertiary alicyclic amines) is 2. The molecule has 1 N–H and O–H groups in total. The number of benzene rings is 2. The third kappa shape index (κ3) is 7.08. The summed E-state index contributed by atoms with van der Waals surface area (Å²) in [5.41, 5.74) is 0.351. The number of aliphatic hydroxyl groups is 1. The number of hydrogen-bond acceptors (Lipinski definition) is 4. The predicted octanol–water partition coefficient (Wildman–Crippen LogP) is 5.71. The van der Waals surface area contributed by atoms with Gasteiger partial charge in [0.2, 0.25) is 0 Å². The van der Waals surface area contributed by atoms with Crippen LogP contribution in [0.15, 0.2) is 42.5 Å².